The van der Waals surface area contributed by atoms with Gasteiger partial charge in [-0.1, -0.05) is 37.0 Å². The third-order valence-electron chi connectivity index (χ3n) is 4.94. The molecule has 1 aromatic carbocycles. The molecule has 7 nitrogen and oxygen atoms in total. The van der Waals surface area contributed by atoms with Gasteiger partial charge in [-0.25, -0.2) is 14.8 Å². The first-order valence-electron chi connectivity index (χ1n) is 10.6. The lowest BCUT2D eigenvalue weighted by Crippen LogP contribution is -2.27. The Balaban J connectivity index is 1.96. The number of esters is 1. The van der Waals surface area contributed by atoms with Gasteiger partial charge in [0.15, 0.2) is 0 Å². The fraction of sp³-hybridized carbons (Fsp3) is 0.348. The molecule has 0 fully saturated rings. The van der Waals surface area contributed by atoms with Gasteiger partial charge < -0.3 is 20.1 Å². The summed E-state index contributed by atoms with van der Waals surface area (Å²) in [6.07, 6.45) is 3.05. The van der Waals surface area contributed by atoms with E-state index in [1.54, 1.807) is 25.1 Å². The smallest absolute Gasteiger partial charge is 0.330 e. The fourth-order valence-corrected chi connectivity index (χ4v) is 4.70. The number of hydrogen-bond donors (Lipinski definition) is 1. The highest BCUT2D eigenvalue weighted by Crippen LogP contribution is 2.40. The maximum Gasteiger partial charge on any atom is 0.330 e. The largest absolute Gasteiger partial charge is 0.491 e. The lowest BCUT2D eigenvalue weighted by molar-refractivity contribution is -0.137. The number of carbonyl (C=O) groups is 1. The van der Waals surface area contributed by atoms with Crippen molar-refractivity contribution in [3.8, 4) is 17.0 Å². The van der Waals surface area contributed by atoms with Crippen molar-refractivity contribution >= 4 is 62.7 Å². The van der Waals surface area contributed by atoms with Crippen molar-refractivity contribution in [3.05, 3.63) is 39.2 Å². The predicted molar refractivity (Wildman–Crippen MR) is 136 cm³/mol. The van der Waals surface area contributed by atoms with E-state index < -0.39 is 5.97 Å². The van der Waals surface area contributed by atoms with Crippen LogP contribution in [0.3, 0.4) is 0 Å². The molecule has 2 aromatic heterocycles. The van der Waals surface area contributed by atoms with Crippen LogP contribution in [-0.4, -0.2) is 53.7 Å². The van der Waals surface area contributed by atoms with E-state index in [4.69, 9.17) is 38.4 Å². The molecular weight excluding hydrogens is 483 g/mol. The van der Waals surface area contributed by atoms with Crippen LogP contribution in [0.2, 0.25) is 10.0 Å². The Kier molecular flexibility index (Phi) is 8.91. The number of benzene rings is 1. The summed E-state index contributed by atoms with van der Waals surface area (Å²) in [5.74, 6) is 0.231. The minimum atomic E-state index is -0.409. The van der Waals surface area contributed by atoms with Crippen molar-refractivity contribution in [2.24, 2.45) is 0 Å². The molecule has 3 aromatic rings. The van der Waals surface area contributed by atoms with E-state index in [1.807, 2.05) is 6.07 Å². The topological polar surface area (TPSA) is 90.6 Å². The van der Waals surface area contributed by atoms with Crippen molar-refractivity contribution in [3.63, 3.8) is 0 Å². The summed E-state index contributed by atoms with van der Waals surface area (Å²) in [6, 6.07) is 5.31. The number of nitrogen functional groups attached to an aromatic ring is 1. The van der Waals surface area contributed by atoms with E-state index in [0.717, 1.165) is 29.9 Å². The monoisotopic (exact) mass is 508 g/mol. The lowest BCUT2D eigenvalue weighted by atomic mass is 10.1. The van der Waals surface area contributed by atoms with Gasteiger partial charge in [0.2, 0.25) is 5.95 Å². The van der Waals surface area contributed by atoms with Crippen LogP contribution >= 0.6 is 34.5 Å². The summed E-state index contributed by atoms with van der Waals surface area (Å²) in [6.45, 7) is 9.46. The molecule has 0 radical (unpaired) electrons. The van der Waals surface area contributed by atoms with Crippen molar-refractivity contribution in [1.29, 1.82) is 0 Å². The van der Waals surface area contributed by atoms with E-state index in [1.165, 1.54) is 17.4 Å². The SMILES string of the molecule is CCOC(=O)/C=C/c1cc2c(-c3cc(OCCN(CC)CC)c(Cl)cc3Cl)nc(N)nc2s1. The second-order valence-electron chi connectivity index (χ2n) is 7.02. The maximum absolute atomic E-state index is 11.7. The number of carbonyl (C=O) groups excluding carboxylic acids is 1. The first-order chi connectivity index (χ1) is 15.9. The average Bonchev–Trinajstić information content (AvgIpc) is 3.19. The molecule has 0 spiro atoms. The fourth-order valence-electron chi connectivity index (χ4n) is 3.23. The van der Waals surface area contributed by atoms with E-state index in [0.29, 0.717) is 45.1 Å². The Morgan fingerprint density at radius 3 is 2.61 bits per heavy atom. The number of hydrogen-bond acceptors (Lipinski definition) is 8. The quantitative estimate of drug-likeness (QED) is 0.283. The molecular formula is C23H26Cl2N4O3S. The predicted octanol–water partition coefficient (Wildman–Crippen LogP) is 5.54. The Morgan fingerprint density at radius 1 is 1.15 bits per heavy atom. The molecule has 0 amide bonds. The van der Waals surface area contributed by atoms with Gasteiger partial charge in [0.1, 0.15) is 17.2 Å². The zero-order chi connectivity index (χ0) is 24.0. The van der Waals surface area contributed by atoms with Gasteiger partial charge in [-0.15, -0.1) is 11.3 Å². The van der Waals surface area contributed by atoms with Gasteiger partial charge in [-0.3, -0.25) is 0 Å². The lowest BCUT2D eigenvalue weighted by Gasteiger charge is -2.19. The number of anilines is 1. The molecule has 0 aliphatic rings. The summed E-state index contributed by atoms with van der Waals surface area (Å²) in [5.41, 5.74) is 7.19. The van der Waals surface area contributed by atoms with E-state index >= 15 is 0 Å². The van der Waals surface area contributed by atoms with Gasteiger partial charge in [0.25, 0.3) is 0 Å². The van der Waals surface area contributed by atoms with E-state index in [-0.39, 0.29) is 5.95 Å². The van der Waals surface area contributed by atoms with Gasteiger partial charge in [0, 0.05) is 28.4 Å². The molecule has 2 N–H and O–H groups in total. The standard InChI is InChI=1S/C23H26Cl2N4O3S/c1-4-29(5-2)9-10-32-19-12-15(17(24)13-18(19)25)21-16-11-14(7-8-20(30)31-6-3)33-22(16)28-23(26)27-21/h7-8,11-13H,4-6,9-10H2,1-3H3,(H2,26,27,28)/b8-7+. The molecule has 176 valence electrons. The van der Waals surface area contributed by atoms with Crippen molar-refractivity contribution in [1.82, 2.24) is 14.9 Å². The number of ether oxygens (including phenoxy) is 2. The highest BCUT2D eigenvalue weighted by atomic mass is 35.5. The van der Waals surface area contributed by atoms with Crippen LogP contribution in [0, 0.1) is 0 Å². The molecule has 0 unspecified atom stereocenters. The molecule has 2 heterocycles. The maximum atomic E-state index is 11.7. The van der Waals surface area contributed by atoms with Crippen LogP contribution in [-0.2, 0) is 9.53 Å². The number of thiophene rings is 1. The number of likely N-dealkylation sites (N-methyl/N-ethyl adjacent to an activating group) is 1. The number of nitrogens with zero attached hydrogens (tertiary/aromatic N) is 3. The van der Waals surface area contributed by atoms with Crippen LogP contribution in [0.5, 0.6) is 5.75 Å². The molecule has 0 saturated heterocycles. The van der Waals surface area contributed by atoms with Gasteiger partial charge in [-0.2, -0.15) is 0 Å². The summed E-state index contributed by atoms with van der Waals surface area (Å²) >= 11 is 14.3. The highest BCUT2D eigenvalue weighted by Gasteiger charge is 2.17. The Labute approximate surface area is 207 Å². The van der Waals surface area contributed by atoms with Crippen molar-refractivity contribution in [2.75, 3.05) is 38.6 Å². The molecule has 0 aliphatic heterocycles. The first kappa shape index (κ1) is 25.2. The van der Waals surface area contributed by atoms with E-state index in [9.17, 15) is 4.79 Å². The molecule has 10 heteroatoms. The molecule has 3 rings (SSSR count). The minimum Gasteiger partial charge on any atom is -0.491 e. The number of halogens is 2. The Bertz CT molecular complexity index is 1160. The Hall–Kier alpha value is -2.39. The third-order valence-corrected chi connectivity index (χ3v) is 6.54. The molecule has 0 aliphatic carbocycles. The molecule has 33 heavy (non-hydrogen) atoms. The van der Waals surface area contributed by atoms with Gasteiger partial charge in [0.05, 0.1) is 22.3 Å². The molecule has 0 atom stereocenters. The van der Waals surface area contributed by atoms with Crippen LogP contribution in [0.1, 0.15) is 25.6 Å². The summed E-state index contributed by atoms with van der Waals surface area (Å²) < 4.78 is 10.9. The normalized spacial score (nSPS) is 11.6. The van der Waals surface area contributed by atoms with Crippen LogP contribution < -0.4 is 10.5 Å². The number of nitrogens with two attached hydrogens (primary N) is 1. The van der Waals surface area contributed by atoms with Crippen LogP contribution in [0.4, 0.5) is 5.95 Å². The second kappa shape index (κ2) is 11.7. The third kappa shape index (κ3) is 6.35. The van der Waals surface area contributed by atoms with Crippen molar-refractivity contribution in [2.45, 2.75) is 20.8 Å². The summed E-state index contributed by atoms with van der Waals surface area (Å²) in [7, 11) is 0. The van der Waals surface area contributed by atoms with Crippen molar-refractivity contribution < 1.29 is 14.3 Å². The highest BCUT2D eigenvalue weighted by molar-refractivity contribution is 7.19. The summed E-state index contributed by atoms with van der Waals surface area (Å²) in [5, 5.41) is 1.60. The number of fused-ring (bicyclic) bond motifs is 1. The van der Waals surface area contributed by atoms with Gasteiger partial charge >= 0.3 is 5.97 Å². The first-order valence-corrected chi connectivity index (χ1v) is 12.2. The number of rotatable bonds is 10. The second-order valence-corrected chi connectivity index (χ2v) is 8.90. The summed E-state index contributed by atoms with van der Waals surface area (Å²) in [4.78, 5) is 24.2. The van der Waals surface area contributed by atoms with Crippen LogP contribution in [0.15, 0.2) is 24.3 Å². The number of aromatic nitrogens is 2. The zero-order valence-corrected chi connectivity index (χ0v) is 21.1. The van der Waals surface area contributed by atoms with Crippen LogP contribution in [0.25, 0.3) is 27.6 Å². The Morgan fingerprint density at radius 2 is 1.91 bits per heavy atom. The minimum absolute atomic E-state index is 0.121. The van der Waals surface area contributed by atoms with Gasteiger partial charge in [-0.05, 0) is 44.3 Å². The molecule has 0 bridgehead atoms. The van der Waals surface area contributed by atoms with E-state index in [2.05, 4.69) is 28.7 Å². The zero-order valence-electron chi connectivity index (χ0n) is 18.7. The average molecular weight is 509 g/mol. The molecule has 0 saturated carbocycles.